The lowest BCUT2D eigenvalue weighted by atomic mass is 10.1. The third kappa shape index (κ3) is 3.32. The van der Waals surface area contributed by atoms with Crippen LogP contribution in [0.4, 0.5) is 5.69 Å². The molecule has 0 fully saturated rings. The van der Waals surface area contributed by atoms with Gasteiger partial charge in [0.2, 0.25) is 0 Å². The lowest BCUT2D eigenvalue weighted by Gasteiger charge is -2.28. The molecule has 0 radical (unpaired) electrons. The smallest absolute Gasteiger partial charge is 0.261 e. The minimum absolute atomic E-state index is 0.0847. The fourth-order valence-electron chi connectivity index (χ4n) is 3.38. The molecule has 2 aromatic heterocycles. The maximum absolute atomic E-state index is 13.1. The number of sulfonamides is 1. The summed E-state index contributed by atoms with van der Waals surface area (Å²) < 4.78 is 29.1. The number of carbonyl (C=O) groups excluding carboxylic acids is 1. The summed E-state index contributed by atoms with van der Waals surface area (Å²) >= 11 is 0. The number of benzene rings is 1. The summed E-state index contributed by atoms with van der Waals surface area (Å²) in [5.41, 5.74) is 1.03. The number of para-hydroxylation sites is 2. The van der Waals surface area contributed by atoms with Gasteiger partial charge in [-0.3, -0.25) is 9.59 Å². The summed E-state index contributed by atoms with van der Waals surface area (Å²) in [6.45, 7) is 0.221. The molecular weight excluding hydrogens is 422 g/mol. The summed E-state index contributed by atoms with van der Waals surface area (Å²) in [6.07, 6.45) is 7.53. The number of amides is 1. The van der Waals surface area contributed by atoms with Gasteiger partial charge in [0.05, 0.1) is 35.2 Å². The van der Waals surface area contributed by atoms with E-state index < -0.39 is 15.9 Å². The van der Waals surface area contributed by atoms with Gasteiger partial charge in [0, 0.05) is 12.7 Å². The molecule has 0 saturated carbocycles. The van der Waals surface area contributed by atoms with E-state index in [1.807, 2.05) is 0 Å². The lowest BCUT2D eigenvalue weighted by Crippen LogP contribution is -2.40. The maximum atomic E-state index is 13.1. The zero-order chi connectivity index (χ0) is 21.6. The Morgan fingerprint density at radius 1 is 1.23 bits per heavy atom. The third-order valence-corrected chi connectivity index (χ3v) is 6.00. The first-order chi connectivity index (χ1) is 14.9. The van der Waals surface area contributed by atoms with E-state index in [2.05, 4.69) is 24.8 Å². The van der Waals surface area contributed by atoms with Crippen molar-refractivity contribution in [3.8, 4) is 5.69 Å². The number of H-pyrrole nitrogens is 1. The minimum Gasteiger partial charge on any atom is -0.331 e. The molecule has 0 aliphatic carbocycles. The summed E-state index contributed by atoms with van der Waals surface area (Å²) in [4.78, 5) is 33.3. The Morgan fingerprint density at radius 3 is 2.94 bits per heavy atom. The minimum atomic E-state index is -3.63. The van der Waals surface area contributed by atoms with Gasteiger partial charge < -0.3 is 15.2 Å². The van der Waals surface area contributed by atoms with Crippen molar-refractivity contribution in [2.45, 2.75) is 0 Å². The molecule has 0 bridgehead atoms. The van der Waals surface area contributed by atoms with Gasteiger partial charge in [-0.2, -0.15) is 5.10 Å². The Labute approximate surface area is 175 Å². The Kier molecular flexibility index (Phi) is 4.29. The fraction of sp³-hybridized carbons (Fsp3) is 0.105. The average molecular weight is 437 g/mol. The largest absolute Gasteiger partial charge is 0.331 e. The first kappa shape index (κ1) is 18.9. The molecule has 31 heavy (non-hydrogen) atoms. The van der Waals surface area contributed by atoms with Gasteiger partial charge in [-0.15, -0.1) is 4.40 Å². The molecule has 3 aromatic rings. The van der Waals surface area contributed by atoms with Gasteiger partial charge in [0.15, 0.2) is 11.5 Å². The van der Waals surface area contributed by atoms with E-state index in [0.717, 1.165) is 0 Å². The number of carbonyl (C=O) groups is 1. The topological polar surface area (TPSA) is 142 Å². The standard InChI is InChI=1S/C19H15N7O4S/c27-18-13-10-22-26(16(13)20-11-21-18)15-6-2-1-5-14(15)23-19(28)12-4-3-7-25-8-9-31(29,30)24-17(12)25/h1-7,10-11H,8-9H2,(H,23,28)(H,20,21,27). The van der Waals surface area contributed by atoms with E-state index >= 15 is 0 Å². The molecule has 12 heteroatoms. The van der Waals surface area contributed by atoms with Crippen LogP contribution in [0.2, 0.25) is 0 Å². The van der Waals surface area contributed by atoms with Crippen LogP contribution in [0.15, 0.2) is 69.9 Å². The van der Waals surface area contributed by atoms with Crippen molar-refractivity contribution in [2.24, 2.45) is 4.40 Å². The van der Waals surface area contributed by atoms with Crippen LogP contribution < -0.4 is 10.9 Å². The van der Waals surface area contributed by atoms with E-state index in [4.69, 9.17) is 0 Å². The highest BCUT2D eigenvalue weighted by Crippen LogP contribution is 2.24. The van der Waals surface area contributed by atoms with Gasteiger partial charge in [-0.25, -0.2) is 18.1 Å². The van der Waals surface area contributed by atoms with E-state index in [0.29, 0.717) is 22.4 Å². The maximum Gasteiger partial charge on any atom is 0.261 e. The van der Waals surface area contributed by atoms with E-state index in [9.17, 15) is 18.0 Å². The molecule has 2 aliphatic heterocycles. The number of rotatable bonds is 3. The number of nitrogens with zero attached hydrogens (tertiary/aromatic N) is 5. The Bertz CT molecular complexity index is 1480. The zero-order valence-corrected chi connectivity index (χ0v) is 16.7. The van der Waals surface area contributed by atoms with Crippen LogP contribution in [0.3, 0.4) is 0 Å². The van der Waals surface area contributed by atoms with Crippen LogP contribution in [0.1, 0.15) is 0 Å². The molecular formula is C19H15N7O4S. The molecule has 0 spiro atoms. The molecule has 4 heterocycles. The van der Waals surface area contributed by atoms with Crippen LogP contribution in [0.25, 0.3) is 16.7 Å². The Hall–Kier alpha value is -4.06. The molecule has 0 saturated heterocycles. The number of allylic oxidation sites excluding steroid dienone is 2. The normalized spacial score (nSPS) is 17.1. The molecule has 2 N–H and O–H groups in total. The fourth-order valence-corrected chi connectivity index (χ4v) is 4.36. The van der Waals surface area contributed by atoms with Gasteiger partial charge in [-0.05, 0) is 24.3 Å². The van der Waals surface area contributed by atoms with Crippen molar-refractivity contribution in [3.63, 3.8) is 0 Å². The van der Waals surface area contributed by atoms with Gasteiger partial charge in [-0.1, -0.05) is 12.1 Å². The highest BCUT2D eigenvalue weighted by molar-refractivity contribution is 7.90. The van der Waals surface area contributed by atoms with Crippen molar-refractivity contribution >= 4 is 38.5 Å². The van der Waals surface area contributed by atoms with Crippen molar-refractivity contribution in [3.05, 3.63) is 71.1 Å². The van der Waals surface area contributed by atoms with Crippen molar-refractivity contribution < 1.29 is 13.2 Å². The van der Waals surface area contributed by atoms with Crippen LogP contribution in [0.5, 0.6) is 0 Å². The average Bonchev–Trinajstić information content (AvgIpc) is 3.18. The monoisotopic (exact) mass is 437 g/mol. The summed E-state index contributed by atoms with van der Waals surface area (Å²) in [6, 6.07) is 6.88. The third-order valence-electron chi connectivity index (χ3n) is 4.85. The SMILES string of the molecule is O=C(Nc1ccccc1-n1ncc2c(=O)[nH]cnc21)C1=CC=CN2CCS(=O)(=O)N=C12. The predicted octanol–water partition coefficient (Wildman–Crippen LogP) is 0.545. The van der Waals surface area contributed by atoms with Crippen LogP contribution in [-0.4, -0.2) is 57.1 Å². The van der Waals surface area contributed by atoms with Gasteiger partial charge >= 0.3 is 0 Å². The highest BCUT2D eigenvalue weighted by atomic mass is 32.2. The lowest BCUT2D eigenvalue weighted by molar-refractivity contribution is -0.112. The first-order valence-corrected chi connectivity index (χ1v) is 10.8. The number of amidine groups is 1. The van der Waals surface area contributed by atoms with E-state index in [1.54, 1.807) is 41.4 Å². The second kappa shape index (κ2) is 7.02. The number of nitrogens with one attached hydrogen (secondary N) is 2. The van der Waals surface area contributed by atoms with Crippen molar-refractivity contribution in [1.29, 1.82) is 0 Å². The molecule has 1 aromatic carbocycles. The van der Waals surface area contributed by atoms with Gasteiger partial charge in [0.25, 0.3) is 21.5 Å². The molecule has 156 valence electrons. The van der Waals surface area contributed by atoms with Crippen molar-refractivity contribution in [2.75, 3.05) is 17.6 Å². The molecule has 11 nitrogen and oxygen atoms in total. The number of aromatic nitrogens is 4. The Balaban J connectivity index is 1.53. The van der Waals surface area contributed by atoms with Crippen LogP contribution in [0, 0.1) is 0 Å². The van der Waals surface area contributed by atoms with Crippen LogP contribution >= 0.6 is 0 Å². The molecule has 1 amide bonds. The van der Waals surface area contributed by atoms with E-state index in [1.165, 1.54) is 23.3 Å². The van der Waals surface area contributed by atoms with Gasteiger partial charge in [0.1, 0.15) is 5.39 Å². The second-order valence-electron chi connectivity index (χ2n) is 6.81. The number of hydrogen-bond acceptors (Lipinski definition) is 7. The summed E-state index contributed by atoms with van der Waals surface area (Å²) in [5, 5.41) is 7.33. The summed E-state index contributed by atoms with van der Waals surface area (Å²) in [7, 11) is -3.63. The Morgan fingerprint density at radius 2 is 2.06 bits per heavy atom. The molecule has 2 aliphatic rings. The summed E-state index contributed by atoms with van der Waals surface area (Å²) in [5.74, 6) is -0.557. The number of anilines is 1. The second-order valence-corrected chi connectivity index (χ2v) is 8.57. The molecule has 5 rings (SSSR count). The predicted molar refractivity (Wildman–Crippen MR) is 113 cm³/mol. The van der Waals surface area contributed by atoms with E-state index in [-0.39, 0.29) is 29.3 Å². The molecule has 0 atom stereocenters. The highest BCUT2D eigenvalue weighted by Gasteiger charge is 2.30. The number of fused-ring (bicyclic) bond motifs is 2. The molecule has 0 unspecified atom stereocenters. The van der Waals surface area contributed by atoms with Crippen molar-refractivity contribution in [1.82, 2.24) is 24.6 Å². The quantitative estimate of drug-likeness (QED) is 0.609. The first-order valence-electron chi connectivity index (χ1n) is 9.23. The van der Waals surface area contributed by atoms with Crippen LogP contribution in [-0.2, 0) is 14.8 Å². The zero-order valence-electron chi connectivity index (χ0n) is 15.9. The number of aromatic amines is 1. The number of hydrogen-bond donors (Lipinski definition) is 2.